The molecule has 0 aliphatic rings. The number of ether oxygens (including phenoxy) is 1. The predicted octanol–water partition coefficient (Wildman–Crippen LogP) is 5.39. The van der Waals surface area contributed by atoms with Gasteiger partial charge in [-0.3, -0.25) is 5.10 Å². The molecule has 8 heteroatoms. The molecule has 7 nitrogen and oxygen atoms in total. The molecular weight excluding hydrogens is 567 g/mol. The third-order valence-corrected chi connectivity index (χ3v) is 3.80. The number of aromatic nitrogens is 4. The van der Waals surface area contributed by atoms with Gasteiger partial charge in [0.05, 0.1) is 5.69 Å². The van der Waals surface area contributed by atoms with Gasteiger partial charge in [-0.2, -0.15) is 15.1 Å². The van der Waals surface area contributed by atoms with Crippen molar-refractivity contribution < 1.29 is 48.8 Å². The van der Waals surface area contributed by atoms with Gasteiger partial charge in [-0.25, -0.2) is 0 Å². The fourth-order valence-corrected chi connectivity index (χ4v) is 2.53. The van der Waals surface area contributed by atoms with E-state index in [0.717, 1.165) is 17.0 Å². The smallest absolute Gasteiger partial charge is 0.324 e. The van der Waals surface area contributed by atoms with E-state index in [2.05, 4.69) is 25.5 Å². The third-order valence-electron chi connectivity index (χ3n) is 3.80. The number of rotatable bonds is 5. The van der Waals surface area contributed by atoms with E-state index in [-0.39, 0.29) is 50.1 Å². The Morgan fingerprint density at radius 3 is 2.36 bits per heavy atom. The number of H-pyrrole nitrogens is 1. The summed E-state index contributed by atoms with van der Waals surface area (Å²) in [7, 11) is 0. The normalized spacial score (nSPS) is 10.2. The van der Waals surface area contributed by atoms with E-state index in [1.54, 1.807) is 24.3 Å². The zero-order valence-corrected chi connectivity index (χ0v) is 19.9. The van der Waals surface area contributed by atoms with Gasteiger partial charge in [0.2, 0.25) is 0 Å². The average Bonchev–Trinajstić information content (AvgIpc) is 3.09. The van der Waals surface area contributed by atoms with Crippen molar-refractivity contribution in [2.24, 2.45) is 0 Å². The molecule has 4 aromatic rings. The molecule has 0 atom stereocenters. The molecular formula is C20H17AcN6O-. The first-order chi connectivity index (χ1) is 13.2. The molecule has 0 spiro atoms. The van der Waals surface area contributed by atoms with Gasteiger partial charge < -0.3 is 15.8 Å². The van der Waals surface area contributed by atoms with Crippen molar-refractivity contribution >= 4 is 17.3 Å². The minimum atomic E-state index is 0. The Labute approximate surface area is 198 Å². The van der Waals surface area contributed by atoms with Crippen LogP contribution in [0.3, 0.4) is 0 Å². The van der Waals surface area contributed by atoms with E-state index < -0.39 is 0 Å². The molecule has 0 bridgehead atoms. The quantitative estimate of drug-likeness (QED) is 0.328. The Hall–Kier alpha value is -2.43. The first-order valence-electron chi connectivity index (χ1n) is 8.39. The molecule has 0 unspecified atom stereocenters. The third kappa shape index (κ3) is 5.09. The van der Waals surface area contributed by atoms with E-state index in [0.29, 0.717) is 23.1 Å². The molecule has 2 aromatic heterocycles. The molecule has 0 aliphatic carbocycles. The number of aromatic amines is 1. The van der Waals surface area contributed by atoms with Crippen molar-refractivity contribution in [1.82, 2.24) is 20.2 Å². The number of hydrogen-bond acceptors (Lipinski definition) is 5. The molecule has 0 aliphatic heterocycles. The Balaban J connectivity index is 0.00000225. The summed E-state index contributed by atoms with van der Waals surface area (Å²) in [5, 5.41) is 10.2. The van der Waals surface area contributed by atoms with Crippen LogP contribution in [0.15, 0.2) is 66.7 Å². The Morgan fingerprint density at radius 1 is 0.929 bits per heavy atom. The molecule has 0 fully saturated rings. The van der Waals surface area contributed by atoms with Crippen molar-refractivity contribution in [3.8, 4) is 23.0 Å². The summed E-state index contributed by atoms with van der Waals surface area (Å²) in [5.74, 6) is 1.80. The number of anilines is 2. The first-order valence-corrected chi connectivity index (χ1v) is 8.39. The largest absolute Gasteiger partial charge is 0.699 e. The van der Waals surface area contributed by atoms with Gasteiger partial charge in [-0.05, 0) is 19.1 Å². The van der Waals surface area contributed by atoms with Crippen molar-refractivity contribution in [2.75, 3.05) is 5.32 Å². The second-order valence-electron chi connectivity index (χ2n) is 5.97. The van der Waals surface area contributed by atoms with Gasteiger partial charge in [0, 0.05) is 67.5 Å². The minimum absolute atomic E-state index is 0. The van der Waals surface area contributed by atoms with Gasteiger partial charge in [0.25, 0.3) is 0 Å². The van der Waals surface area contributed by atoms with Gasteiger partial charge in [0.15, 0.2) is 5.82 Å². The zero-order valence-electron chi connectivity index (χ0n) is 15.2. The SMILES string of the molecule is Cc1cc(Nc2cc(-c3ccccc3)nc(Oc3ccc([NH-])cc3)n2)n[nH]1.[Ac]. The molecule has 0 saturated heterocycles. The predicted molar refractivity (Wildman–Crippen MR) is 105 cm³/mol. The van der Waals surface area contributed by atoms with Crippen LogP contribution in [0.4, 0.5) is 17.3 Å². The number of nitrogens with zero attached hydrogens (tertiary/aromatic N) is 3. The summed E-state index contributed by atoms with van der Waals surface area (Å²) in [4.78, 5) is 8.96. The van der Waals surface area contributed by atoms with Crippen LogP contribution in [0.2, 0.25) is 0 Å². The maximum absolute atomic E-state index is 7.57. The van der Waals surface area contributed by atoms with E-state index in [1.807, 2.05) is 49.4 Å². The van der Waals surface area contributed by atoms with Crippen molar-refractivity contribution in [2.45, 2.75) is 6.92 Å². The summed E-state index contributed by atoms with van der Waals surface area (Å²) in [5.41, 5.74) is 10.6. The van der Waals surface area contributed by atoms with Crippen LogP contribution in [0.5, 0.6) is 11.8 Å². The summed E-state index contributed by atoms with van der Waals surface area (Å²) >= 11 is 0. The second kappa shape index (κ2) is 9.18. The van der Waals surface area contributed by atoms with Crippen molar-refractivity contribution in [3.05, 3.63) is 78.2 Å². The number of aryl methyl sites for hydroxylation is 1. The Morgan fingerprint density at radius 2 is 1.68 bits per heavy atom. The van der Waals surface area contributed by atoms with Crippen molar-refractivity contribution in [3.63, 3.8) is 0 Å². The topological polar surface area (TPSA) is 99.5 Å². The fourth-order valence-electron chi connectivity index (χ4n) is 2.53. The molecule has 28 heavy (non-hydrogen) atoms. The van der Waals surface area contributed by atoms with Gasteiger partial charge in [0.1, 0.15) is 11.6 Å². The molecule has 3 N–H and O–H groups in total. The average molecular weight is 584 g/mol. The minimum Gasteiger partial charge on any atom is -0.699 e. The van der Waals surface area contributed by atoms with Crippen molar-refractivity contribution in [1.29, 1.82) is 0 Å². The molecule has 2 aromatic carbocycles. The number of benzene rings is 2. The summed E-state index contributed by atoms with van der Waals surface area (Å²) in [6, 6.07) is 20.5. The van der Waals surface area contributed by atoms with Crippen LogP contribution < -0.4 is 10.1 Å². The summed E-state index contributed by atoms with van der Waals surface area (Å²) in [6.45, 7) is 1.93. The molecule has 0 saturated carbocycles. The van der Waals surface area contributed by atoms with Crippen LogP contribution in [0.25, 0.3) is 17.0 Å². The van der Waals surface area contributed by atoms with Gasteiger partial charge in [-0.1, -0.05) is 42.5 Å². The van der Waals surface area contributed by atoms with E-state index in [9.17, 15) is 0 Å². The molecule has 1 radical (unpaired) electrons. The fraction of sp³-hybridized carbons (Fsp3) is 0.0500. The van der Waals surface area contributed by atoms with E-state index in [1.165, 1.54) is 0 Å². The second-order valence-corrected chi connectivity index (χ2v) is 5.97. The van der Waals surface area contributed by atoms with E-state index >= 15 is 0 Å². The maximum Gasteiger partial charge on any atom is 0.324 e. The monoisotopic (exact) mass is 584 g/mol. The van der Waals surface area contributed by atoms with E-state index in [4.69, 9.17) is 10.5 Å². The van der Waals surface area contributed by atoms with Crippen LogP contribution in [0, 0.1) is 51.0 Å². The maximum atomic E-state index is 7.57. The zero-order chi connectivity index (χ0) is 18.6. The van der Waals surface area contributed by atoms with Crippen LogP contribution in [-0.4, -0.2) is 20.2 Å². The Kier molecular flexibility index (Phi) is 6.66. The van der Waals surface area contributed by atoms with Crippen LogP contribution >= 0.6 is 0 Å². The van der Waals surface area contributed by atoms with Crippen LogP contribution in [-0.2, 0) is 0 Å². The summed E-state index contributed by atoms with van der Waals surface area (Å²) < 4.78 is 5.81. The first kappa shape index (κ1) is 20.3. The molecule has 2 heterocycles. The van der Waals surface area contributed by atoms with Crippen LogP contribution in [0.1, 0.15) is 5.69 Å². The summed E-state index contributed by atoms with van der Waals surface area (Å²) in [6.07, 6.45) is 0. The van der Waals surface area contributed by atoms with Gasteiger partial charge in [-0.15, -0.1) is 5.69 Å². The number of hydrogen-bond donors (Lipinski definition) is 2. The molecule has 137 valence electrons. The Bertz CT molecular complexity index is 1050. The standard InChI is InChI=1S/C20H17N6O.Ac/c1-13-11-19(26-25-13)23-18-12-17(14-5-3-2-4-6-14)22-20(24-18)27-16-9-7-15(21)8-10-16;/h2-12,21H,1H3,(H2,22,23,24,25,26);/q-1;. The molecule has 4 rings (SSSR count). The van der Waals surface area contributed by atoms with Gasteiger partial charge >= 0.3 is 6.01 Å². The molecule has 0 amide bonds. The number of nitrogens with one attached hydrogen (secondary N) is 3.